The third-order valence-corrected chi connectivity index (χ3v) is 5.49. The van der Waals surface area contributed by atoms with E-state index in [0.717, 1.165) is 26.2 Å². The molecular weight excluding hydrogens is 336 g/mol. The summed E-state index contributed by atoms with van der Waals surface area (Å²) in [6.07, 6.45) is 0. The first-order chi connectivity index (χ1) is 12.8. The van der Waals surface area contributed by atoms with Crippen LogP contribution in [-0.4, -0.2) is 110 Å². The lowest BCUT2D eigenvalue weighted by Gasteiger charge is -2.38. The SMILES string of the molecule is O=C1C(N2CCOCC2)=C(N2CC2)C(=O)C(N2CCOCC2)=C1N1CC1. The van der Waals surface area contributed by atoms with E-state index in [0.29, 0.717) is 75.4 Å². The van der Waals surface area contributed by atoms with Crippen LogP contribution < -0.4 is 0 Å². The fraction of sp³-hybridized carbons (Fsp3) is 0.667. The second-order valence-corrected chi connectivity index (χ2v) is 7.23. The van der Waals surface area contributed by atoms with Crippen LogP contribution in [0.2, 0.25) is 0 Å². The second kappa shape index (κ2) is 6.28. The third-order valence-electron chi connectivity index (χ3n) is 5.49. The molecule has 5 rings (SSSR count). The minimum atomic E-state index is 0.00684. The minimum Gasteiger partial charge on any atom is -0.378 e. The first-order valence-electron chi connectivity index (χ1n) is 9.49. The summed E-state index contributed by atoms with van der Waals surface area (Å²) in [6, 6.07) is 0. The van der Waals surface area contributed by atoms with Gasteiger partial charge < -0.3 is 29.1 Å². The number of morpholine rings is 2. The van der Waals surface area contributed by atoms with E-state index in [4.69, 9.17) is 9.47 Å². The molecule has 1 aliphatic carbocycles. The summed E-state index contributed by atoms with van der Waals surface area (Å²) in [5.41, 5.74) is 2.39. The van der Waals surface area contributed by atoms with Crippen molar-refractivity contribution in [2.45, 2.75) is 0 Å². The molecule has 5 aliphatic rings. The molecule has 0 saturated carbocycles. The Morgan fingerprint density at radius 2 is 0.731 bits per heavy atom. The number of ether oxygens (including phenoxy) is 2. The van der Waals surface area contributed by atoms with E-state index >= 15 is 0 Å². The van der Waals surface area contributed by atoms with Gasteiger partial charge in [-0.05, 0) is 0 Å². The Hall–Kier alpha value is -2.06. The molecule has 0 bridgehead atoms. The summed E-state index contributed by atoms with van der Waals surface area (Å²) in [6.45, 7) is 8.39. The van der Waals surface area contributed by atoms with Gasteiger partial charge in [-0.1, -0.05) is 0 Å². The second-order valence-electron chi connectivity index (χ2n) is 7.23. The van der Waals surface area contributed by atoms with Crippen molar-refractivity contribution in [1.29, 1.82) is 0 Å². The summed E-state index contributed by atoms with van der Waals surface area (Å²) in [5.74, 6) is 0.0137. The lowest BCUT2D eigenvalue weighted by atomic mass is 9.96. The molecule has 0 aromatic rings. The largest absolute Gasteiger partial charge is 0.378 e. The van der Waals surface area contributed by atoms with Gasteiger partial charge in [-0.3, -0.25) is 9.59 Å². The number of carbonyl (C=O) groups is 2. The van der Waals surface area contributed by atoms with Gasteiger partial charge in [-0.2, -0.15) is 0 Å². The van der Waals surface area contributed by atoms with Gasteiger partial charge in [0.05, 0.1) is 26.4 Å². The highest BCUT2D eigenvalue weighted by Gasteiger charge is 2.47. The summed E-state index contributed by atoms with van der Waals surface area (Å²) in [7, 11) is 0. The van der Waals surface area contributed by atoms with E-state index in [-0.39, 0.29) is 11.6 Å². The monoisotopic (exact) mass is 360 g/mol. The average molecular weight is 360 g/mol. The first kappa shape index (κ1) is 16.1. The van der Waals surface area contributed by atoms with Crippen molar-refractivity contribution in [1.82, 2.24) is 19.6 Å². The molecule has 0 unspecified atom stereocenters. The number of nitrogens with zero attached hydrogens (tertiary/aromatic N) is 4. The van der Waals surface area contributed by atoms with E-state index in [2.05, 4.69) is 9.80 Å². The highest BCUT2D eigenvalue weighted by atomic mass is 16.5. The van der Waals surface area contributed by atoms with Crippen LogP contribution in [0.15, 0.2) is 22.8 Å². The molecule has 0 radical (unpaired) electrons. The average Bonchev–Trinajstić information content (AvgIpc) is 3.57. The Kier molecular flexibility index (Phi) is 3.90. The minimum absolute atomic E-state index is 0.00684. The van der Waals surface area contributed by atoms with Gasteiger partial charge in [0.2, 0.25) is 11.6 Å². The quantitative estimate of drug-likeness (QED) is 0.460. The van der Waals surface area contributed by atoms with Gasteiger partial charge in [0.25, 0.3) is 0 Å². The van der Waals surface area contributed by atoms with E-state index in [9.17, 15) is 9.59 Å². The fourth-order valence-corrected chi connectivity index (χ4v) is 3.95. The molecule has 26 heavy (non-hydrogen) atoms. The van der Waals surface area contributed by atoms with Gasteiger partial charge in [0, 0.05) is 52.4 Å². The van der Waals surface area contributed by atoms with E-state index in [1.165, 1.54) is 0 Å². The van der Waals surface area contributed by atoms with Crippen molar-refractivity contribution in [3.05, 3.63) is 22.8 Å². The van der Waals surface area contributed by atoms with Gasteiger partial charge in [-0.25, -0.2) is 0 Å². The molecule has 0 atom stereocenters. The summed E-state index contributed by atoms with van der Waals surface area (Å²) >= 11 is 0. The topological polar surface area (TPSA) is 65.1 Å². The first-order valence-corrected chi connectivity index (χ1v) is 9.49. The molecule has 0 aromatic heterocycles. The van der Waals surface area contributed by atoms with Crippen LogP contribution in [0, 0.1) is 0 Å². The Balaban J connectivity index is 1.58. The smallest absolute Gasteiger partial charge is 0.229 e. The molecule has 140 valence electrons. The molecule has 0 amide bonds. The third kappa shape index (κ3) is 2.68. The lowest BCUT2D eigenvalue weighted by Crippen LogP contribution is -2.47. The van der Waals surface area contributed by atoms with Gasteiger partial charge >= 0.3 is 0 Å². The maximum absolute atomic E-state index is 13.6. The van der Waals surface area contributed by atoms with Crippen molar-refractivity contribution >= 4 is 11.6 Å². The van der Waals surface area contributed by atoms with Crippen LogP contribution in [0.3, 0.4) is 0 Å². The molecule has 0 spiro atoms. The predicted octanol–water partition coefficient (Wildman–Crippen LogP) is -1.14. The lowest BCUT2D eigenvalue weighted by molar-refractivity contribution is -0.121. The molecule has 4 saturated heterocycles. The van der Waals surface area contributed by atoms with Crippen molar-refractivity contribution < 1.29 is 19.1 Å². The summed E-state index contributed by atoms with van der Waals surface area (Å²) in [4.78, 5) is 35.3. The van der Waals surface area contributed by atoms with Crippen molar-refractivity contribution in [3.63, 3.8) is 0 Å². The molecule has 4 heterocycles. The number of hydrogen-bond acceptors (Lipinski definition) is 8. The van der Waals surface area contributed by atoms with Gasteiger partial charge in [0.1, 0.15) is 22.8 Å². The van der Waals surface area contributed by atoms with Gasteiger partial charge in [0.15, 0.2) is 0 Å². The number of carbonyl (C=O) groups excluding carboxylic acids is 2. The zero-order valence-electron chi connectivity index (χ0n) is 14.9. The standard InChI is InChI=1S/C18H24N4O4/c23-17-13(19-1-2-19)15(21-5-9-25-10-6-21)18(24)14(20-3-4-20)16(17)22-7-11-26-12-8-22/h1-12H2. The zero-order valence-corrected chi connectivity index (χ0v) is 14.9. The van der Waals surface area contributed by atoms with Crippen LogP contribution in [0.1, 0.15) is 0 Å². The Morgan fingerprint density at radius 3 is 1.00 bits per heavy atom. The number of ketones is 2. The van der Waals surface area contributed by atoms with Gasteiger partial charge in [-0.15, -0.1) is 0 Å². The van der Waals surface area contributed by atoms with Crippen LogP contribution in [0.4, 0.5) is 0 Å². The number of hydrogen-bond donors (Lipinski definition) is 0. The molecule has 4 aliphatic heterocycles. The molecule has 4 fully saturated rings. The van der Waals surface area contributed by atoms with Crippen LogP contribution in [-0.2, 0) is 19.1 Å². The molecule has 8 heteroatoms. The molecule has 0 N–H and O–H groups in total. The maximum atomic E-state index is 13.6. The normalized spacial score (nSPS) is 26.9. The van der Waals surface area contributed by atoms with E-state index < -0.39 is 0 Å². The number of Topliss-reactive ketones (excluding diaryl/α,β-unsaturated/α-hetero) is 2. The van der Waals surface area contributed by atoms with Crippen LogP contribution in [0.25, 0.3) is 0 Å². The highest BCUT2D eigenvalue weighted by Crippen LogP contribution is 2.37. The molecular formula is C18H24N4O4. The van der Waals surface area contributed by atoms with Crippen LogP contribution >= 0.6 is 0 Å². The summed E-state index contributed by atoms with van der Waals surface area (Å²) in [5, 5.41) is 0. The van der Waals surface area contributed by atoms with E-state index in [1.807, 2.05) is 9.80 Å². The highest BCUT2D eigenvalue weighted by molar-refractivity contribution is 6.24. The fourth-order valence-electron chi connectivity index (χ4n) is 3.95. The molecule has 0 aromatic carbocycles. The zero-order chi connectivity index (χ0) is 17.7. The number of rotatable bonds is 4. The van der Waals surface area contributed by atoms with Crippen molar-refractivity contribution in [3.8, 4) is 0 Å². The Morgan fingerprint density at radius 1 is 0.462 bits per heavy atom. The van der Waals surface area contributed by atoms with E-state index in [1.54, 1.807) is 0 Å². The molecule has 8 nitrogen and oxygen atoms in total. The Bertz CT molecular complexity index is 636. The predicted molar refractivity (Wildman–Crippen MR) is 92.0 cm³/mol. The Labute approximate surface area is 152 Å². The maximum Gasteiger partial charge on any atom is 0.229 e. The summed E-state index contributed by atoms with van der Waals surface area (Å²) < 4.78 is 10.9. The van der Waals surface area contributed by atoms with Crippen molar-refractivity contribution in [2.75, 3.05) is 78.8 Å². The van der Waals surface area contributed by atoms with Crippen LogP contribution in [0.5, 0.6) is 0 Å². The van der Waals surface area contributed by atoms with Crippen molar-refractivity contribution in [2.24, 2.45) is 0 Å².